The van der Waals surface area contributed by atoms with Gasteiger partial charge in [0.2, 0.25) is 0 Å². The maximum Gasteiger partial charge on any atom is 0.169 e. The van der Waals surface area contributed by atoms with E-state index < -0.39 is 11.6 Å². The lowest BCUT2D eigenvalue weighted by Crippen LogP contribution is -2.08. The van der Waals surface area contributed by atoms with Crippen molar-refractivity contribution in [2.24, 2.45) is 0 Å². The van der Waals surface area contributed by atoms with Crippen molar-refractivity contribution in [1.82, 2.24) is 4.98 Å². The van der Waals surface area contributed by atoms with Gasteiger partial charge in [-0.2, -0.15) is 0 Å². The van der Waals surface area contributed by atoms with Gasteiger partial charge in [-0.15, -0.1) is 0 Å². The van der Waals surface area contributed by atoms with Crippen molar-refractivity contribution >= 4 is 28.9 Å². The van der Waals surface area contributed by atoms with Gasteiger partial charge in [0.05, 0.1) is 0 Å². The number of aromatic nitrogens is 1. The predicted molar refractivity (Wildman–Crippen MR) is 82.4 cm³/mol. The Bertz CT molecular complexity index is 647. The van der Waals surface area contributed by atoms with Crippen LogP contribution in [-0.2, 0) is 0 Å². The molecular weight excluding hydrogens is 296 g/mol. The fraction of sp³-hybridized carbons (Fsp3) is 0.267. The van der Waals surface area contributed by atoms with Crippen LogP contribution in [-0.4, -0.2) is 11.5 Å². The predicted octanol–water partition coefficient (Wildman–Crippen LogP) is 4.89. The average Bonchev–Trinajstić information content (AvgIpc) is 2.44. The fourth-order valence-corrected chi connectivity index (χ4v) is 1.95. The molecule has 112 valence electrons. The molecule has 0 saturated carbocycles. The second-order valence-corrected chi connectivity index (χ2v) is 5.10. The molecule has 0 aliphatic rings. The van der Waals surface area contributed by atoms with Gasteiger partial charge in [-0.3, -0.25) is 0 Å². The molecule has 0 atom stereocenters. The second kappa shape index (κ2) is 6.72. The molecular formula is C15H16ClF2N3. The van der Waals surface area contributed by atoms with Crippen molar-refractivity contribution in [2.75, 3.05) is 17.2 Å². The van der Waals surface area contributed by atoms with Gasteiger partial charge < -0.3 is 10.6 Å². The van der Waals surface area contributed by atoms with Gasteiger partial charge in [-0.25, -0.2) is 13.8 Å². The van der Waals surface area contributed by atoms with Gasteiger partial charge in [0.25, 0.3) is 0 Å². The summed E-state index contributed by atoms with van der Waals surface area (Å²) in [5, 5.41) is 6.19. The van der Waals surface area contributed by atoms with Crippen LogP contribution in [0.1, 0.15) is 18.9 Å². The first-order chi connectivity index (χ1) is 10.0. The maximum atomic E-state index is 13.8. The monoisotopic (exact) mass is 311 g/mol. The fourth-order valence-electron chi connectivity index (χ4n) is 1.78. The number of halogens is 3. The van der Waals surface area contributed by atoms with E-state index in [1.807, 2.05) is 19.9 Å². The molecule has 1 aromatic carbocycles. The van der Waals surface area contributed by atoms with Crippen LogP contribution in [0.4, 0.5) is 26.1 Å². The van der Waals surface area contributed by atoms with Crippen LogP contribution in [0.25, 0.3) is 0 Å². The molecule has 6 heteroatoms. The summed E-state index contributed by atoms with van der Waals surface area (Å²) >= 11 is 5.92. The summed E-state index contributed by atoms with van der Waals surface area (Å²) < 4.78 is 27.5. The summed E-state index contributed by atoms with van der Waals surface area (Å²) in [6.07, 6.45) is 0.814. The summed E-state index contributed by atoms with van der Waals surface area (Å²) in [4.78, 5) is 3.96. The Balaban J connectivity index is 2.32. The third kappa shape index (κ3) is 3.82. The number of hydrogen-bond acceptors (Lipinski definition) is 3. The highest BCUT2D eigenvalue weighted by atomic mass is 35.5. The van der Waals surface area contributed by atoms with Gasteiger partial charge in [-0.1, -0.05) is 24.6 Å². The van der Waals surface area contributed by atoms with Gasteiger partial charge in [0, 0.05) is 23.3 Å². The molecule has 21 heavy (non-hydrogen) atoms. The molecule has 0 fully saturated rings. The highest BCUT2D eigenvalue weighted by molar-refractivity contribution is 6.30. The number of rotatable bonds is 5. The van der Waals surface area contributed by atoms with Crippen molar-refractivity contribution in [1.29, 1.82) is 0 Å². The lowest BCUT2D eigenvalue weighted by atomic mass is 10.2. The Morgan fingerprint density at radius 2 is 1.86 bits per heavy atom. The molecule has 0 aliphatic carbocycles. The molecule has 0 amide bonds. The minimum absolute atomic E-state index is 0.0282. The molecule has 1 heterocycles. The Labute approximate surface area is 127 Å². The number of nitrogens with zero attached hydrogens (tertiary/aromatic N) is 1. The molecule has 0 unspecified atom stereocenters. The molecule has 0 saturated heterocycles. The van der Waals surface area contributed by atoms with Gasteiger partial charge >= 0.3 is 0 Å². The molecule has 2 aromatic rings. The van der Waals surface area contributed by atoms with E-state index in [-0.39, 0.29) is 11.6 Å². The number of anilines is 3. The third-order valence-electron chi connectivity index (χ3n) is 2.92. The zero-order valence-corrected chi connectivity index (χ0v) is 12.6. The standard InChI is InChI=1S/C15H16ClF2N3/c1-3-6-19-14-11(17)8-12(18)15(21-14)20-13-7-10(16)5-4-9(13)2/h4-5,7-8H,3,6H2,1-2H3,(H2,19,20,21). The summed E-state index contributed by atoms with van der Waals surface area (Å²) in [6.45, 7) is 4.37. The quantitative estimate of drug-likeness (QED) is 0.825. The van der Waals surface area contributed by atoms with Crippen molar-refractivity contribution < 1.29 is 8.78 Å². The number of hydrogen-bond donors (Lipinski definition) is 2. The Hall–Kier alpha value is -1.88. The Morgan fingerprint density at radius 3 is 2.57 bits per heavy atom. The number of pyridine rings is 1. The molecule has 2 N–H and O–H groups in total. The lowest BCUT2D eigenvalue weighted by Gasteiger charge is -2.12. The zero-order valence-electron chi connectivity index (χ0n) is 11.8. The summed E-state index contributed by atoms with van der Waals surface area (Å²) in [5.41, 5.74) is 1.51. The minimum Gasteiger partial charge on any atom is -0.368 e. The van der Waals surface area contributed by atoms with E-state index in [0.29, 0.717) is 17.3 Å². The van der Waals surface area contributed by atoms with E-state index in [1.54, 1.807) is 12.1 Å². The van der Waals surface area contributed by atoms with Crippen LogP contribution in [0.15, 0.2) is 24.3 Å². The molecule has 0 spiro atoms. The van der Waals surface area contributed by atoms with E-state index in [4.69, 9.17) is 11.6 Å². The third-order valence-corrected chi connectivity index (χ3v) is 3.16. The first-order valence-corrected chi connectivity index (χ1v) is 7.02. The Morgan fingerprint density at radius 1 is 1.14 bits per heavy atom. The van der Waals surface area contributed by atoms with E-state index in [9.17, 15) is 8.78 Å². The van der Waals surface area contributed by atoms with Crippen molar-refractivity contribution in [3.8, 4) is 0 Å². The molecule has 2 rings (SSSR count). The van der Waals surface area contributed by atoms with Crippen molar-refractivity contribution in [3.05, 3.63) is 46.5 Å². The molecule has 0 bridgehead atoms. The summed E-state index contributed by atoms with van der Waals surface area (Å²) in [5.74, 6) is -1.48. The molecule has 0 radical (unpaired) electrons. The number of aryl methyl sites for hydroxylation is 1. The van der Waals surface area contributed by atoms with E-state index >= 15 is 0 Å². The normalized spacial score (nSPS) is 10.5. The van der Waals surface area contributed by atoms with Crippen LogP contribution in [0.2, 0.25) is 5.02 Å². The second-order valence-electron chi connectivity index (χ2n) is 4.66. The minimum atomic E-state index is -0.756. The zero-order chi connectivity index (χ0) is 15.4. The SMILES string of the molecule is CCCNc1nc(Nc2cc(Cl)ccc2C)c(F)cc1F. The summed E-state index contributed by atoms with van der Waals surface area (Å²) in [7, 11) is 0. The van der Waals surface area contributed by atoms with E-state index in [0.717, 1.165) is 18.1 Å². The van der Waals surface area contributed by atoms with Crippen LogP contribution in [0, 0.1) is 18.6 Å². The number of nitrogens with one attached hydrogen (secondary N) is 2. The van der Waals surface area contributed by atoms with Crippen molar-refractivity contribution in [2.45, 2.75) is 20.3 Å². The molecule has 1 aromatic heterocycles. The van der Waals surface area contributed by atoms with Crippen LogP contribution in [0.5, 0.6) is 0 Å². The van der Waals surface area contributed by atoms with E-state index in [1.165, 1.54) is 0 Å². The first-order valence-electron chi connectivity index (χ1n) is 6.64. The smallest absolute Gasteiger partial charge is 0.169 e. The average molecular weight is 312 g/mol. The van der Waals surface area contributed by atoms with Gasteiger partial charge in [-0.05, 0) is 31.0 Å². The lowest BCUT2D eigenvalue weighted by molar-refractivity contribution is 0.579. The highest BCUT2D eigenvalue weighted by Gasteiger charge is 2.12. The van der Waals surface area contributed by atoms with Gasteiger partial charge in [0.15, 0.2) is 23.3 Å². The largest absolute Gasteiger partial charge is 0.368 e. The molecule has 0 aliphatic heterocycles. The van der Waals surface area contributed by atoms with Crippen molar-refractivity contribution in [3.63, 3.8) is 0 Å². The topological polar surface area (TPSA) is 37.0 Å². The highest BCUT2D eigenvalue weighted by Crippen LogP contribution is 2.26. The first kappa shape index (κ1) is 15.5. The Kier molecular flexibility index (Phi) is 4.96. The van der Waals surface area contributed by atoms with Crippen LogP contribution < -0.4 is 10.6 Å². The summed E-state index contributed by atoms with van der Waals surface area (Å²) in [6, 6.07) is 6.03. The van der Waals surface area contributed by atoms with Crippen LogP contribution in [0.3, 0.4) is 0 Å². The van der Waals surface area contributed by atoms with Crippen LogP contribution >= 0.6 is 11.6 Å². The van der Waals surface area contributed by atoms with Gasteiger partial charge in [0.1, 0.15) is 0 Å². The maximum absolute atomic E-state index is 13.8. The van der Waals surface area contributed by atoms with E-state index in [2.05, 4.69) is 15.6 Å². The number of benzene rings is 1. The molecule has 3 nitrogen and oxygen atoms in total.